The van der Waals surface area contributed by atoms with Gasteiger partial charge < -0.3 is 14.8 Å². The minimum Gasteiger partial charge on any atom is -0.474 e. The number of morpholine rings is 1. The first-order chi connectivity index (χ1) is 16.3. The molecule has 0 atom stereocenters. The van der Waals surface area contributed by atoms with Crippen molar-refractivity contribution >= 4 is 33.2 Å². The van der Waals surface area contributed by atoms with E-state index >= 15 is 0 Å². The van der Waals surface area contributed by atoms with Crippen LogP contribution in [0.15, 0.2) is 12.4 Å². The quantitative estimate of drug-likeness (QED) is 0.582. The van der Waals surface area contributed by atoms with Crippen LogP contribution in [0, 0.1) is 0 Å². The first-order valence-corrected chi connectivity index (χ1v) is 13.2. The number of hydrogen-bond acceptors (Lipinski definition) is 8. The van der Waals surface area contributed by atoms with Crippen LogP contribution in [0.3, 0.4) is 0 Å². The molecule has 2 aliphatic carbocycles. The zero-order valence-corrected chi connectivity index (χ0v) is 20.1. The zero-order valence-electron chi connectivity index (χ0n) is 19.3. The number of ether oxygens (including phenoxy) is 2. The molecule has 3 aliphatic rings. The lowest BCUT2D eigenvalue weighted by Gasteiger charge is -2.38. The van der Waals surface area contributed by atoms with Crippen LogP contribution in [0.1, 0.15) is 49.5 Å². The second-order valence-corrected chi connectivity index (χ2v) is 10.4. The number of fused-ring (bicyclic) bond motifs is 3. The Morgan fingerprint density at radius 2 is 2.00 bits per heavy atom. The van der Waals surface area contributed by atoms with Crippen molar-refractivity contribution in [1.29, 1.82) is 0 Å². The van der Waals surface area contributed by atoms with Crippen molar-refractivity contribution in [2.75, 3.05) is 31.6 Å². The highest BCUT2D eigenvalue weighted by Gasteiger charge is 2.30. The van der Waals surface area contributed by atoms with Gasteiger partial charge in [-0.25, -0.2) is 4.98 Å². The largest absolute Gasteiger partial charge is 0.474 e. The summed E-state index contributed by atoms with van der Waals surface area (Å²) in [4.78, 5) is 14.8. The van der Waals surface area contributed by atoms with Gasteiger partial charge in [-0.15, -0.1) is 11.3 Å². The van der Waals surface area contributed by atoms with Gasteiger partial charge >= 0.3 is 0 Å². The molecule has 0 spiro atoms. The number of thiophene rings is 1. The molecule has 33 heavy (non-hydrogen) atoms. The molecule has 1 N–H and O–H groups in total. The lowest BCUT2D eigenvalue weighted by Crippen LogP contribution is -2.46. The lowest BCUT2D eigenvalue weighted by atomic mass is 9.91. The van der Waals surface area contributed by atoms with Crippen molar-refractivity contribution in [3.63, 3.8) is 0 Å². The molecule has 4 heterocycles. The highest BCUT2D eigenvalue weighted by atomic mass is 32.1. The third kappa shape index (κ3) is 4.34. The average molecular weight is 469 g/mol. The van der Waals surface area contributed by atoms with E-state index in [-0.39, 0.29) is 6.10 Å². The van der Waals surface area contributed by atoms with E-state index in [9.17, 15) is 0 Å². The molecule has 8 nitrogen and oxygen atoms in total. The first-order valence-electron chi connectivity index (χ1n) is 12.4. The Balaban J connectivity index is 1.23. The Kier molecular flexibility index (Phi) is 5.94. The van der Waals surface area contributed by atoms with Crippen LogP contribution in [0.25, 0.3) is 10.2 Å². The number of aryl methyl sites for hydroxylation is 3. The maximum atomic E-state index is 6.64. The molecule has 0 bridgehead atoms. The van der Waals surface area contributed by atoms with Crippen molar-refractivity contribution in [2.45, 2.75) is 70.6 Å². The molecule has 6 rings (SSSR count). The minimum atomic E-state index is 0.216. The molecule has 3 aromatic rings. The van der Waals surface area contributed by atoms with E-state index in [4.69, 9.17) is 19.4 Å². The third-order valence-electron chi connectivity index (χ3n) is 7.23. The molecule has 0 amide bonds. The lowest BCUT2D eigenvalue weighted by molar-refractivity contribution is -0.00124. The number of rotatable bonds is 6. The fraction of sp³-hybridized carbons (Fsp3) is 0.625. The van der Waals surface area contributed by atoms with Crippen LogP contribution in [0.2, 0.25) is 0 Å². The van der Waals surface area contributed by atoms with Crippen molar-refractivity contribution in [3.8, 4) is 5.88 Å². The second-order valence-electron chi connectivity index (χ2n) is 9.30. The fourth-order valence-corrected chi connectivity index (χ4v) is 6.71. The molecule has 1 aliphatic heterocycles. The van der Waals surface area contributed by atoms with Crippen molar-refractivity contribution in [2.24, 2.45) is 0 Å². The van der Waals surface area contributed by atoms with E-state index < -0.39 is 0 Å². The summed E-state index contributed by atoms with van der Waals surface area (Å²) in [6, 6.07) is 0.664. The van der Waals surface area contributed by atoms with Gasteiger partial charge in [0.25, 0.3) is 0 Å². The molecular weight excluding hydrogens is 436 g/mol. The highest BCUT2D eigenvalue weighted by Crippen LogP contribution is 2.42. The molecule has 9 heteroatoms. The summed E-state index contributed by atoms with van der Waals surface area (Å²) in [5.74, 6) is 1.36. The predicted molar refractivity (Wildman–Crippen MR) is 130 cm³/mol. The monoisotopic (exact) mass is 468 g/mol. The number of nitrogens with zero attached hydrogens (tertiary/aromatic N) is 5. The summed E-state index contributed by atoms with van der Waals surface area (Å²) in [6.07, 6.45) is 12.0. The van der Waals surface area contributed by atoms with Crippen LogP contribution in [-0.4, -0.2) is 63.1 Å². The molecule has 176 valence electrons. The summed E-state index contributed by atoms with van der Waals surface area (Å²) < 4.78 is 14.1. The van der Waals surface area contributed by atoms with Gasteiger partial charge in [0.1, 0.15) is 10.9 Å². The van der Waals surface area contributed by atoms with Gasteiger partial charge in [0.2, 0.25) is 11.8 Å². The molecule has 0 radical (unpaired) electrons. The first kappa shape index (κ1) is 21.3. The van der Waals surface area contributed by atoms with Crippen molar-refractivity contribution in [1.82, 2.24) is 24.6 Å². The molecule has 2 fully saturated rings. The molecule has 1 saturated carbocycles. The summed E-state index contributed by atoms with van der Waals surface area (Å²) in [5.41, 5.74) is 2.31. The second kappa shape index (κ2) is 9.19. The predicted octanol–water partition coefficient (Wildman–Crippen LogP) is 4.16. The normalized spacial score (nSPS) is 23.7. The van der Waals surface area contributed by atoms with Gasteiger partial charge in [0.15, 0.2) is 0 Å². The Bertz CT molecular complexity index is 1110. The van der Waals surface area contributed by atoms with E-state index in [0.29, 0.717) is 12.0 Å². The van der Waals surface area contributed by atoms with Gasteiger partial charge in [0, 0.05) is 36.8 Å². The van der Waals surface area contributed by atoms with Crippen LogP contribution in [-0.2, 0) is 24.1 Å². The molecule has 0 aromatic carbocycles. The van der Waals surface area contributed by atoms with E-state index in [2.05, 4.69) is 22.2 Å². The third-order valence-corrected chi connectivity index (χ3v) is 8.41. The Morgan fingerprint density at radius 1 is 1.15 bits per heavy atom. The zero-order chi connectivity index (χ0) is 22.2. The van der Waals surface area contributed by atoms with E-state index in [1.54, 1.807) is 11.3 Å². The maximum Gasteiger partial charge on any atom is 0.232 e. The SMILES string of the molecule is CCn1cc(Nc2nc(OC3CCC(N4CCOCC4)CC3)c3c4c(sc3n2)CCC4)cn1. The Morgan fingerprint density at radius 3 is 2.79 bits per heavy atom. The van der Waals surface area contributed by atoms with E-state index in [1.165, 1.54) is 29.7 Å². The average Bonchev–Trinajstić information content (AvgIpc) is 3.56. The van der Waals surface area contributed by atoms with E-state index in [1.807, 2.05) is 17.1 Å². The topological polar surface area (TPSA) is 77.3 Å². The Labute approximate surface area is 198 Å². The van der Waals surface area contributed by atoms with Gasteiger partial charge in [-0.1, -0.05) is 0 Å². The summed E-state index contributed by atoms with van der Waals surface area (Å²) >= 11 is 1.81. The number of hydrogen-bond donors (Lipinski definition) is 1. The van der Waals surface area contributed by atoms with Crippen LogP contribution in [0.4, 0.5) is 11.6 Å². The van der Waals surface area contributed by atoms with Crippen LogP contribution >= 0.6 is 11.3 Å². The van der Waals surface area contributed by atoms with Gasteiger partial charge in [-0.05, 0) is 57.4 Å². The van der Waals surface area contributed by atoms with Gasteiger partial charge in [-0.3, -0.25) is 9.58 Å². The van der Waals surface area contributed by atoms with Crippen LogP contribution < -0.4 is 10.1 Å². The molecular formula is C24H32N6O2S. The smallest absolute Gasteiger partial charge is 0.232 e. The fourth-order valence-electron chi connectivity index (χ4n) is 5.46. The van der Waals surface area contributed by atoms with Gasteiger partial charge in [0.05, 0.1) is 30.5 Å². The number of nitrogens with one attached hydrogen (secondary N) is 1. The minimum absolute atomic E-state index is 0.216. The molecule has 1 saturated heterocycles. The maximum absolute atomic E-state index is 6.64. The highest BCUT2D eigenvalue weighted by molar-refractivity contribution is 7.19. The molecule has 0 unspecified atom stereocenters. The van der Waals surface area contributed by atoms with E-state index in [0.717, 1.165) is 80.3 Å². The van der Waals surface area contributed by atoms with Crippen molar-refractivity contribution in [3.05, 3.63) is 22.8 Å². The molecule has 3 aromatic heterocycles. The van der Waals surface area contributed by atoms with Gasteiger partial charge in [-0.2, -0.15) is 10.1 Å². The number of aromatic nitrogens is 4. The van der Waals surface area contributed by atoms with Crippen LogP contribution in [0.5, 0.6) is 5.88 Å². The van der Waals surface area contributed by atoms with Crippen molar-refractivity contribution < 1.29 is 9.47 Å². The standard InChI is InChI=1S/C24H32N6O2S/c1-2-30-15-16(14-25-30)26-24-27-22(21-19-4-3-5-20(19)33-23(21)28-24)32-18-8-6-17(7-9-18)29-10-12-31-13-11-29/h14-15,17-18H,2-13H2,1H3,(H,26,27,28). The summed E-state index contributed by atoms with van der Waals surface area (Å²) in [6.45, 7) is 6.77. The summed E-state index contributed by atoms with van der Waals surface area (Å²) in [5, 5.41) is 8.85. The number of anilines is 2. The summed E-state index contributed by atoms with van der Waals surface area (Å²) in [7, 11) is 0. The Hall–Kier alpha value is -2.23.